The molecule has 0 aliphatic carbocycles. The molecule has 1 aromatic heterocycles. The first-order valence-corrected chi connectivity index (χ1v) is 8.59. The summed E-state index contributed by atoms with van der Waals surface area (Å²) in [5.74, 6) is 0.745. The summed E-state index contributed by atoms with van der Waals surface area (Å²) in [6.45, 7) is 4.16. The maximum absolute atomic E-state index is 10.1. The van der Waals surface area contributed by atoms with Crippen LogP contribution < -0.4 is 5.32 Å². The van der Waals surface area contributed by atoms with Gasteiger partial charge in [-0.05, 0) is 30.4 Å². The summed E-state index contributed by atoms with van der Waals surface area (Å²) in [7, 11) is 0. The van der Waals surface area contributed by atoms with E-state index in [9.17, 15) is 5.11 Å². The number of aliphatic hydroxyl groups is 1. The first kappa shape index (κ1) is 16.1. The molecule has 1 aromatic carbocycles. The Morgan fingerprint density at radius 3 is 2.67 bits per heavy atom. The molecule has 2 rings (SSSR count). The second-order valence-corrected chi connectivity index (χ2v) is 6.58. The number of rotatable bonds is 8. The largest absolute Gasteiger partial charge is 0.388 e. The molecule has 1 heterocycles. The molecule has 0 saturated heterocycles. The number of hydrogen-bond donors (Lipinski definition) is 2. The van der Waals surface area contributed by atoms with Crippen LogP contribution in [-0.2, 0) is 13.1 Å². The molecule has 2 aromatic rings. The van der Waals surface area contributed by atoms with Gasteiger partial charge >= 0.3 is 0 Å². The van der Waals surface area contributed by atoms with Crippen molar-refractivity contribution in [2.75, 3.05) is 18.6 Å². The van der Waals surface area contributed by atoms with E-state index in [0.29, 0.717) is 6.54 Å². The van der Waals surface area contributed by atoms with Crippen LogP contribution in [0.5, 0.6) is 0 Å². The molecule has 21 heavy (non-hydrogen) atoms. The molecule has 0 radical (unpaired) electrons. The second-order valence-electron chi connectivity index (χ2n) is 5.71. The molecule has 0 bridgehead atoms. The molecule has 3 nitrogen and oxygen atoms in total. The zero-order chi connectivity index (χ0) is 15.1. The first-order valence-electron chi connectivity index (χ1n) is 7.20. The quantitative estimate of drug-likeness (QED) is 0.787. The first-order chi connectivity index (χ1) is 10.1. The third-order valence-electron chi connectivity index (χ3n) is 3.31. The van der Waals surface area contributed by atoms with E-state index >= 15 is 0 Å². The number of aromatic nitrogens is 1. The standard InChI is InChI=1S/C17H24N2OS/c1-17(20,14-21-2)13-18-10-16-8-9-19(12-16)11-15-6-4-3-5-7-15/h3-9,12,18,20H,10-11,13-14H2,1-2H3. The monoisotopic (exact) mass is 304 g/mol. The fourth-order valence-electron chi connectivity index (χ4n) is 2.33. The summed E-state index contributed by atoms with van der Waals surface area (Å²) < 4.78 is 2.19. The molecule has 1 atom stereocenters. The highest BCUT2D eigenvalue weighted by molar-refractivity contribution is 7.98. The maximum Gasteiger partial charge on any atom is 0.0833 e. The Kier molecular flexibility index (Phi) is 5.91. The zero-order valence-corrected chi connectivity index (χ0v) is 13.6. The Hall–Kier alpha value is -1.23. The molecular weight excluding hydrogens is 280 g/mol. The predicted molar refractivity (Wildman–Crippen MR) is 90.7 cm³/mol. The Bertz CT molecular complexity index is 537. The highest BCUT2D eigenvalue weighted by atomic mass is 32.2. The van der Waals surface area contributed by atoms with Gasteiger partial charge in [-0.3, -0.25) is 0 Å². The van der Waals surface area contributed by atoms with Gasteiger partial charge < -0.3 is 15.0 Å². The van der Waals surface area contributed by atoms with Crippen LogP contribution in [0.4, 0.5) is 0 Å². The minimum Gasteiger partial charge on any atom is -0.388 e. The number of thioether (sulfide) groups is 1. The molecule has 0 spiro atoms. The van der Waals surface area contributed by atoms with Crippen LogP contribution in [0.15, 0.2) is 48.8 Å². The van der Waals surface area contributed by atoms with Gasteiger partial charge in [0.2, 0.25) is 0 Å². The van der Waals surface area contributed by atoms with Crippen LogP contribution in [0.25, 0.3) is 0 Å². The molecule has 0 fully saturated rings. The highest BCUT2D eigenvalue weighted by Gasteiger charge is 2.18. The molecule has 0 aliphatic heterocycles. The zero-order valence-electron chi connectivity index (χ0n) is 12.7. The Morgan fingerprint density at radius 2 is 1.95 bits per heavy atom. The van der Waals surface area contributed by atoms with E-state index in [4.69, 9.17) is 0 Å². The summed E-state index contributed by atoms with van der Waals surface area (Å²) in [6, 6.07) is 12.6. The number of benzene rings is 1. The van der Waals surface area contributed by atoms with Crippen molar-refractivity contribution < 1.29 is 5.11 Å². The fraction of sp³-hybridized carbons (Fsp3) is 0.412. The van der Waals surface area contributed by atoms with Crippen molar-refractivity contribution in [3.63, 3.8) is 0 Å². The van der Waals surface area contributed by atoms with E-state index in [-0.39, 0.29) is 0 Å². The second kappa shape index (κ2) is 7.69. The molecule has 0 amide bonds. The SMILES string of the molecule is CSCC(C)(O)CNCc1ccn(Cc2ccccc2)c1. The van der Waals surface area contributed by atoms with Gasteiger partial charge in [-0.15, -0.1) is 0 Å². The molecule has 114 valence electrons. The minimum atomic E-state index is -0.647. The van der Waals surface area contributed by atoms with E-state index in [2.05, 4.69) is 52.6 Å². The Morgan fingerprint density at radius 1 is 1.19 bits per heavy atom. The van der Waals surface area contributed by atoms with E-state index < -0.39 is 5.60 Å². The molecule has 0 aliphatic rings. The molecule has 1 unspecified atom stereocenters. The van der Waals surface area contributed by atoms with Gasteiger partial charge in [0.15, 0.2) is 0 Å². The minimum absolute atomic E-state index is 0.609. The van der Waals surface area contributed by atoms with Gasteiger partial charge in [0.1, 0.15) is 0 Å². The summed E-state index contributed by atoms with van der Waals surface area (Å²) >= 11 is 1.67. The maximum atomic E-state index is 10.1. The lowest BCUT2D eigenvalue weighted by Crippen LogP contribution is -2.39. The predicted octanol–water partition coefficient (Wildman–Crippen LogP) is 2.74. The van der Waals surface area contributed by atoms with Crippen molar-refractivity contribution in [2.45, 2.75) is 25.6 Å². The molecule has 4 heteroatoms. The van der Waals surface area contributed by atoms with Crippen LogP contribution in [0, 0.1) is 0 Å². The van der Waals surface area contributed by atoms with Gasteiger partial charge in [0.25, 0.3) is 0 Å². The lowest BCUT2D eigenvalue weighted by molar-refractivity contribution is 0.0846. The topological polar surface area (TPSA) is 37.2 Å². The Labute approximate surface area is 131 Å². The van der Waals surface area contributed by atoms with Gasteiger partial charge in [0, 0.05) is 37.8 Å². The van der Waals surface area contributed by atoms with E-state index in [1.807, 2.05) is 19.2 Å². The number of nitrogens with one attached hydrogen (secondary N) is 1. The molecular formula is C17H24N2OS. The number of hydrogen-bond acceptors (Lipinski definition) is 3. The lowest BCUT2D eigenvalue weighted by atomic mass is 10.1. The third-order valence-corrected chi connectivity index (χ3v) is 4.22. The summed E-state index contributed by atoms with van der Waals surface area (Å²) in [6.07, 6.45) is 6.27. The average molecular weight is 304 g/mol. The highest BCUT2D eigenvalue weighted by Crippen LogP contribution is 2.10. The summed E-state index contributed by atoms with van der Waals surface area (Å²) in [5.41, 5.74) is 1.90. The van der Waals surface area contributed by atoms with Crippen molar-refractivity contribution in [2.24, 2.45) is 0 Å². The van der Waals surface area contributed by atoms with E-state index in [1.54, 1.807) is 11.8 Å². The van der Waals surface area contributed by atoms with Crippen molar-refractivity contribution in [1.29, 1.82) is 0 Å². The van der Waals surface area contributed by atoms with Crippen molar-refractivity contribution in [3.05, 3.63) is 59.9 Å². The lowest BCUT2D eigenvalue weighted by Gasteiger charge is -2.22. The van der Waals surface area contributed by atoms with Crippen molar-refractivity contribution in [1.82, 2.24) is 9.88 Å². The van der Waals surface area contributed by atoms with Crippen molar-refractivity contribution >= 4 is 11.8 Å². The Balaban J connectivity index is 1.81. The molecule has 2 N–H and O–H groups in total. The normalized spacial score (nSPS) is 14.0. The van der Waals surface area contributed by atoms with E-state index in [1.165, 1.54) is 11.1 Å². The van der Waals surface area contributed by atoms with Gasteiger partial charge in [-0.2, -0.15) is 11.8 Å². The summed E-state index contributed by atoms with van der Waals surface area (Å²) in [4.78, 5) is 0. The van der Waals surface area contributed by atoms with Crippen LogP contribution in [0.1, 0.15) is 18.1 Å². The third kappa shape index (κ3) is 5.58. The number of nitrogens with zero attached hydrogens (tertiary/aromatic N) is 1. The van der Waals surface area contributed by atoms with Gasteiger partial charge in [-0.1, -0.05) is 30.3 Å². The van der Waals surface area contributed by atoms with E-state index in [0.717, 1.165) is 18.8 Å². The van der Waals surface area contributed by atoms with Gasteiger partial charge in [-0.25, -0.2) is 0 Å². The van der Waals surface area contributed by atoms with Crippen LogP contribution >= 0.6 is 11.8 Å². The van der Waals surface area contributed by atoms with Crippen LogP contribution in [0.2, 0.25) is 0 Å². The molecule has 0 saturated carbocycles. The average Bonchev–Trinajstić information content (AvgIpc) is 2.87. The van der Waals surface area contributed by atoms with Gasteiger partial charge in [0.05, 0.1) is 5.60 Å². The summed E-state index contributed by atoms with van der Waals surface area (Å²) in [5, 5.41) is 13.4. The fourth-order valence-corrected chi connectivity index (χ4v) is 3.05. The smallest absolute Gasteiger partial charge is 0.0833 e. The van der Waals surface area contributed by atoms with Crippen LogP contribution in [-0.4, -0.2) is 33.8 Å². The van der Waals surface area contributed by atoms with Crippen LogP contribution in [0.3, 0.4) is 0 Å². The van der Waals surface area contributed by atoms with Crippen molar-refractivity contribution in [3.8, 4) is 0 Å².